The summed E-state index contributed by atoms with van der Waals surface area (Å²) >= 11 is 0. The second-order valence-electron chi connectivity index (χ2n) is 5.05. The summed E-state index contributed by atoms with van der Waals surface area (Å²) in [7, 11) is 2.18. The van der Waals surface area contributed by atoms with Crippen LogP contribution in [0.2, 0.25) is 0 Å². The highest BCUT2D eigenvalue weighted by Crippen LogP contribution is 2.27. The Morgan fingerprint density at radius 1 is 1.50 bits per heavy atom. The fourth-order valence-electron chi connectivity index (χ4n) is 1.85. The van der Waals surface area contributed by atoms with Crippen LogP contribution in [0.15, 0.2) is 16.7 Å². The van der Waals surface area contributed by atoms with Crippen molar-refractivity contribution in [3.8, 4) is 0 Å². The van der Waals surface area contributed by atoms with Gasteiger partial charge in [0, 0.05) is 24.2 Å². The molecular weight excluding hydrogens is 200 g/mol. The Morgan fingerprint density at radius 3 is 2.88 bits per heavy atom. The van der Waals surface area contributed by atoms with E-state index in [-0.39, 0.29) is 0 Å². The third-order valence-corrected chi connectivity index (χ3v) is 3.10. The van der Waals surface area contributed by atoms with E-state index in [4.69, 9.17) is 4.42 Å². The summed E-state index contributed by atoms with van der Waals surface area (Å²) in [5.74, 6) is 1.11. The Morgan fingerprint density at radius 2 is 2.25 bits per heavy atom. The van der Waals surface area contributed by atoms with Gasteiger partial charge in [-0.05, 0) is 26.0 Å². The van der Waals surface area contributed by atoms with E-state index in [0.717, 1.165) is 24.9 Å². The molecule has 0 atom stereocenters. The van der Waals surface area contributed by atoms with E-state index >= 15 is 0 Å². The fraction of sp³-hybridized carbons (Fsp3) is 0.692. The minimum absolute atomic E-state index is 0.518. The van der Waals surface area contributed by atoms with Crippen molar-refractivity contribution in [2.75, 3.05) is 7.05 Å². The summed E-state index contributed by atoms with van der Waals surface area (Å²) in [4.78, 5) is 2.39. The van der Waals surface area contributed by atoms with Crippen molar-refractivity contribution in [3.63, 3.8) is 0 Å². The minimum atomic E-state index is 0.518. The topological polar surface area (TPSA) is 28.4 Å². The molecule has 0 spiro atoms. The van der Waals surface area contributed by atoms with E-state index in [2.05, 4.69) is 37.2 Å². The molecule has 1 saturated carbocycles. The molecule has 3 nitrogen and oxygen atoms in total. The molecule has 1 aliphatic rings. The lowest BCUT2D eigenvalue weighted by molar-refractivity contribution is 0.283. The molecule has 0 aliphatic heterocycles. The molecule has 1 fully saturated rings. The molecule has 0 unspecified atom stereocenters. The third-order valence-electron chi connectivity index (χ3n) is 3.10. The molecule has 16 heavy (non-hydrogen) atoms. The standard InChI is InChI=1S/C13H22N2O/c1-10(2)14-8-11-6-7-16-13(11)9-15(3)12-4-5-12/h6-7,10,12,14H,4-5,8-9H2,1-3H3. The summed E-state index contributed by atoms with van der Waals surface area (Å²) in [6.07, 6.45) is 4.49. The zero-order valence-electron chi connectivity index (χ0n) is 10.5. The maximum absolute atomic E-state index is 5.56. The molecule has 1 heterocycles. The van der Waals surface area contributed by atoms with Gasteiger partial charge >= 0.3 is 0 Å². The molecule has 1 aromatic heterocycles. The molecule has 90 valence electrons. The summed E-state index contributed by atoms with van der Waals surface area (Å²) < 4.78 is 5.56. The van der Waals surface area contributed by atoms with Gasteiger partial charge in [-0.1, -0.05) is 13.8 Å². The molecule has 1 N–H and O–H groups in total. The predicted molar refractivity (Wildman–Crippen MR) is 65.2 cm³/mol. The van der Waals surface area contributed by atoms with Gasteiger partial charge in [0.2, 0.25) is 0 Å². The Hall–Kier alpha value is -0.800. The summed E-state index contributed by atoms with van der Waals surface area (Å²) in [5, 5.41) is 3.43. The Kier molecular flexibility index (Phi) is 3.66. The number of nitrogens with one attached hydrogen (secondary N) is 1. The lowest BCUT2D eigenvalue weighted by Gasteiger charge is -2.15. The molecule has 0 amide bonds. The van der Waals surface area contributed by atoms with E-state index in [0.29, 0.717) is 6.04 Å². The molecule has 1 aliphatic carbocycles. The maximum Gasteiger partial charge on any atom is 0.122 e. The SMILES string of the molecule is CC(C)NCc1ccoc1CN(C)C1CC1. The van der Waals surface area contributed by atoms with Crippen LogP contribution < -0.4 is 5.32 Å². The lowest BCUT2D eigenvalue weighted by atomic mass is 10.2. The van der Waals surface area contributed by atoms with Crippen LogP contribution in [0.4, 0.5) is 0 Å². The molecular formula is C13H22N2O. The van der Waals surface area contributed by atoms with Crippen molar-refractivity contribution in [2.45, 2.75) is 51.9 Å². The van der Waals surface area contributed by atoms with Gasteiger partial charge in [0.1, 0.15) is 5.76 Å². The monoisotopic (exact) mass is 222 g/mol. The van der Waals surface area contributed by atoms with Crippen LogP contribution in [-0.2, 0) is 13.1 Å². The molecule has 2 rings (SSSR count). The summed E-state index contributed by atoms with van der Waals surface area (Å²) in [5.41, 5.74) is 1.29. The maximum atomic E-state index is 5.56. The van der Waals surface area contributed by atoms with E-state index < -0.39 is 0 Å². The van der Waals surface area contributed by atoms with Crippen LogP contribution >= 0.6 is 0 Å². The van der Waals surface area contributed by atoms with E-state index in [1.807, 2.05) is 0 Å². The average Bonchev–Trinajstić information content (AvgIpc) is 2.99. The molecule has 0 saturated heterocycles. The third kappa shape index (κ3) is 3.09. The number of nitrogens with zero attached hydrogens (tertiary/aromatic N) is 1. The van der Waals surface area contributed by atoms with Gasteiger partial charge in [0.25, 0.3) is 0 Å². The van der Waals surface area contributed by atoms with Crippen molar-refractivity contribution in [3.05, 3.63) is 23.7 Å². The van der Waals surface area contributed by atoms with E-state index in [1.165, 1.54) is 18.4 Å². The highest BCUT2D eigenvalue weighted by Gasteiger charge is 2.27. The molecule has 0 aromatic carbocycles. The number of rotatable bonds is 6. The van der Waals surface area contributed by atoms with Gasteiger partial charge < -0.3 is 9.73 Å². The van der Waals surface area contributed by atoms with Gasteiger partial charge in [0.15, 0.2) is 0 Å². The first-order valence-corrected chi connectivity index (χ1v) is 6.15. The van der Waals surface area contributed by atoms with Gasteiger partial charge in [-0.2, -0.15) is 0 Å². The second-order valence-corrected chi connectivity index (χ2v) is 5.05. The van der Waals surface area contributed by atoms with Crippen molar-refractivity contribution in [1.29, 1.82) is 0 Å². The van der Waals surface area contributed by atoms with Crippen molar-refractivity contribution < 1.29 is 4.42 Å². The highest BCUT2D eigenvalue weighted by molar-refractivity contribution is 5.17. The largest absolute Gasteiger partial charge is 0.468 e. The van der Waals surface area contributed by atoms with Gasteiger partial charge in [-0.25, -0.2) is 0 Å². The summed E-state index contributed by atoms with van der Waals surface area (Å²) in [6, 6.07) is 3.38. The Balaban J connectivity index is 1.90. The van der Waals surface area contributed by atoms with Gasteiger partial charge in [-0.15, -0.1) is 0 Å². The van der Waals surface area contributed by atoms with Crippen molar-refractivity contribution >= 4 is 0 Å². The first-order valence-electron chi connectivity index (χ1n) is 6.15. The molecule has 0 radical (unpaired) electrons. The first-order chi connectivity index (χ1) is 7.66. The zero-order chi connectivity index (χ0) is 11.5. The Labute approximate surface area is 97.8 Å². The normalized spacial score (nSPS) is 16.3. The minimum Gasteiger partial charge on any atom is -0.468 e. The van der Waals surface area contributed by atoms with Crippen LogP contribution in [0.25, 0.3) is 0 Å². The Bertz CT molecular complexity index is 328. The molecule has 3 heteroatoms. The van der Waals surface area contributed by atoms with Crippen LogP contribution in [0.3, 0.4) is 0 Å². The van der Waals surface area contributed by atoms with Crippen LogP contribution in [0, 0.1) is 0 Å². The zero-order valence-corrected chi connectivity index (χ0v) is 10.5. The van der Waals surface area contributed by atoms with Crippen LogP contribution in [0.5, 0.6) is 0 Å². The van der Waals surface area contributed by atoms with E-state index in [9.17, 15) is 0 Å². The predicted octanol–water partition coefficient (Wildman–Crippen LogP) is 2.37. The second kappa shape index (κ2) is 5.02. The number of hydrogen-bond acceptors (Lipinski definition) is 3. The fourth-order valence-corrected chi connectivity index (χ4v) is 1.85. The highest BCUT2D eigenvalue weighted by atomic mass is 16.3. The van der Waals surface area contributed by atoms with Crippen molar-refractivity contribution in [2.24, 2.45) is 0 Å². The number of hydrogen-bond donors (Lipinski definition) is 1. The van der Waals surface area contributed by atoms with Crippen molar-refractivity contribution in [1.82, 2.24) is 10.2 Å². The average molecular weight is 222 g/mol. The van der Waals surface area contributed by atoms with Gasteiger partial charge in [-0.3, -0.25) is 4.90 Å². The quantitative estimate of drug-likeness (QED) is 0.801. The molecule has 0 bridgehead atoms. The lowest BCUT2D eigenvalue weighted by Crippen LogP contribution is -2.24. The smallest absolute Gasteiger partial charge is 0.122 e. The molecule has 1 aromatic rings. The van der Waals surface area contributed by atoms with Crippen LogP contribution in [-0.4, -0.2) is 24.0 Å². The summed E-state index contributed by atoms with van der Waals surface area (Å²) in [6.45, 7) is 6.17. The first kappa shape index (κ1) is 11.7. The number of furan rings is 1. The van der Waals surface area contributed by atoms with E-state index in [1.54, 1.807) is 6.26 Å². The van der Waals surface area contributed by atoms with Crippen LogP contribution in [0.1, 0.15) is 38.0 Å². The van der Waals surface area contributed by atoms with Gasteiger partial charge in [0.05, 0.1) is 12.8 Å².